The average molecular weight is 112 g/mol. The normalized spacial score (nSPS) is 10.9. The monoisotopic (exact) mass is 112 g/mol. The summed E-state index contributed by atoms with van der Waals surface area (Å²) in [6.45, 7) is 1.51. The van der Waals surface area contributed by atoms with Crippen molar-refractivity contribution in [2.45, 2.75) is 6.92 Å². The molecule has 3 heteroatoms. The number of nitrogens with two attached hydrogens (primary N) is 1. The second kappa shape index (κ2) is 2.96. The summed E-state index contributed by atoms with van der Waals surface area (Å²) in [7, 11) is 0. The maximum atomic E-state index is 9.89. The van der Waals surface area contributed by atoms with Crippen molar-refractivity contribution in [2.75, 3.05) is 0 Å². The highest BCUT2D eigenvalue weighted by atomic mass is 16.1. The second-order valence-corrected chi connectivity index (χ2v) is 1.36. The van der Waals surface area contributed by atoms with Gasteiger partial charge in [0, 0.05) is 11.9 Å². The fourth-order valence-electron chi connectivity index (χ4n) is 0.253. The van der Waals surface area contributed by atoms with E-state index in [4.69, 9.17) is 11.1 Å². The van der Waals surface area contributed by atoms with E-state index in [2.05, 4.69) is 0 Å². The summed E-state index contributed by atoms with van der Waals surface area (Å²) in [5.74, 6) is 0. The van der Waals surface area contributed by atoms with Gasteiger partial charge in [-0.3, -0.25) is 4.79 Å². The number of hydrogen-bond donors (Lipinski definition) is 2. The Morgan fingerprint density at radius 3 is 2.25 bits per heavy atom. The van der Waals surface area contributed by atoms with E-state index in [1.54, 1.807) is 0 Å². The van der Waals surface area contributed by atoms with Crippen LogP contribution in [0.3, 0.4) is 0 Å². The van der Waals surface area contributed by atoms with Crippen LogP contribution in [-0.4, -0.2) is 12.0 Å². The van der Waals surface area contributed by atoms with Crippen LogP contribution in [0.4, 0.5) is 0 Å². The fraction of sp³-hybridized carbons (Fsp3) is 0.200. The molecule has 0 rings (SSSR count). The molecule has 0 unspecified atom stereocenters. The van der Waals surface area contributed by atoms with Gasteiger partial charge in [0.2, 0.25) is 0 Å². The molecule has 0 amide bonds. The van der Waals surface area contributed by atoms with E-state index in [1.807, 2.05) is 0 Å². The molecular formula is C5H8N2O. The van der Waals surface area contributed by atoms with Crippen molar-refractivity contribution in [2.24, 2.45) is 5.73 Å². The molecule has 0 fully saturated rings. The number of carbonyl (C=O) groups is 1. The molecular weight excluding hydrogens is 104 g/mol. The van der Waals surface area contributed by atoms with E-state index in [9.17, 15) is 4.79 Å². The van der Waals surface area contributed by atoms with Crippen LogP contribution in [0.2, 0.25) is 0 Å². The summed E-state index contributed by atoms with van der Waals surface area (Å²) in [6, 6.07) is 0. The van der Waals surface area contributed by atoms with Crippen molar-refractivity contribution in [1.29, 1.82) is 5.41 Å². The Balaban J connectivity index is 4.13. The highest BCUT2D eigenvalue weighted by Crippen LogP contribution is 1.85. The van der Waals surface area contributed by atoms with Crippen LogP contribution in [0.25, 0.3) is 0 Å². The first-order valence-electron chi connectivity index (χ1n) is 2.15. The van der Waals surface area contributed by atoms with Gasteiger partial charge in [-0.25, -0.2) is 0 Å². The van der Waals surface area contributed by atoms with Crippen molar-refractivity contribution >= 4 is 12.0 Å². The molecule has 0 spiro atoms. The van der Waals surface area contributed by atoms with Gasteiger partial charge in [-0.15, -0.1) is 0 Å². The molecule has 0 saturated carbocycles. The molecule has 0 aromatic carbocycles. The maximum Gasteiger partial charge on any atom is 0.153 e. The minimum absolute atomic E-state index is 0.197. The third kappa shape index (κ3) is 1.55. The summed E-state index contributed by atoms with van der Waals surface area (Å²) in [5, 5.41) is 6.87. The first kappa shape index (κ1) is 6.88. The van der Waals surface area contributed by atoms with Crippen LogP contribution in [0.1, 0.15) is 6.92 Å². The van der Waals surface area contributed by atoms with Crippen LogP contribution in [0.15, 0.2) is 11.8 Å². The Hall–Kier alpha value is -1.12. The van der Waals surface area contributed by atoms with Crippen molar-refractivity contribution in [1.82, 2.24) is 0 Å². The van der Waals surface area contributed by atoms with E-state index >= 15 is 0 Å². The zero-order valence-corrected chi connectivity index (χ0v) is 4.64. The second-order valence-electron chi connectivity index (χ2n) is 1.36. The van der Waals surface area contributed by atoms with Crippen molar-refractivity contribution in [3.8, 4) is 0 Å². The summed E-state index contributed by atoms with van der Waals surface area (Å²) >= 11 is 0. The van der Waals surface area contributed by atoms with Gasteiger partial charge in [0.25, 0.3) is 0 Å². The lowest BCUT2D eigenvalue weighted by Crippen LogP contribution is -1.99. The van der Waals surface area contributed by atoms with Gasteiger partial charge in [0.05, 0.1) is 5.57 Å². The standard InChI is InChI=1S/C5H8N2O/c1-4(7)5(2-6)3-8/h2-3,7H,6H2,1H3/b5-2-,7-4?. The number of allylic oxidation sites excluding steroid dienone is 1. The molecule has 0 aromatic rings. The zero-order valence-electron chi connectivity index (χ0n) is 4.64. The quantitative estimate of drug-likeness (QED) is 0.301. The predicted molar refractivity (Wildman–Crippen MR) is 31.7 cm³/mol. The summed E-state index contributed by atoms with van der Waals surface area (Å²) in [5.41, 5.74) is 5.39. The van der Waals surface area contributed by atoms with Crippen molar-refractivity contribution in [3.63, 3.8) is 0 Å². The molecule has 0 saturated heterocycles. The van der Waals surface area contributed by atoms with Gasteiger partial charge < -0.3 is 11.1 Å². The Kier molecular flexibility index (Phi) is 2.54. The predicted octanol–water partition coefficient (Wildman–Crippen LogP) is 0.0676. The molecule has 0 bridgehead atoms. The Bertz CT molecular complexity index is 137. The molecule has 3 N–H and O–H groups in total. The minimum Gasteiger partial charge on any atom is -0.404 e. The van der Waals surface area contributed by atoms with E-state index in [0.29, 0.717) is 6.29 Å². The van der Waals surface area contributed by atoms with E-state index in [1.165, 1.54) is 6.92 Å². The molecule has 0 heterocycles. The molecule has 0 aliphatic carbocycles. The molecule has 0 aromatic heterocycles. The van der Waals surface area contributed by atoms with Gasteiger partial charge in [-0.1, -0.05) is 0 Å². The topological polar surface area (TPSA) is 66.9 Å². The molecule has 44 valence electrons. The van der Waals surface area contributed by atoms with Gasteiger partial charge in [0.1, 0.15) is 0 Å². The first-order valence-corrected chi connectivity index (χ1v) is 2.15. The molecule has 8 heavy (non-hydrogen) atoms. The SMILES string of the molecule is CC(=N)/C(C=O)=C\N. The van der Waals surface area contributed by atoms with Crippen molar-refractivity contribution in [3.05, 3.63) is 11.8 Å². The van der Waals surface area contributed by atoms with E-state index in [0.717, 1.165) is 6.20 Å². The highest BCUT2D eigenvalue weighted by Gasteiger charge is 1.92. The zero-order chi connectivity index (χ0) is 6.57. The van der Waals surface area contributed by atoms with Crippen LogP contribution >= 0.6 is 0 Å². The Labute approximate surface area is 47.7 Å². The van der Waals surface area contributed by atoms with E-state index < -0.39 is 0 Å². The lowest BCUT2D eigenvalue weighted by Gasteiger charge is -1.88. The average Bonchev–Trinajstić information content (AvgIpc) is 1.69. The third-order valence-corrected chi connectivity index (χ3v) is 0.740. The highest BCUT2D eigenvalue weighted by molar-refractivity contribution is 6.11. The molecule has 0 aliphatic rings. The van der Waals surface area contributed by atoms with Gasteiger partial charge >= 0.3 is 0 Å². The van der Waals surface area contributed by atoms with Gasteiger partial charge in [-0.2, -0.15) is 0 Å². The summed E-state index contributed by atoms with van der Waals surface area (Å²) < 4.78 is 0. The summed E-state index contributed by atoms with van der Waals surface area (Å²) in [6.07, 6.45) is 1.68. The number of hydrogen-bond acceptors (Lipinski definition) is 3. The first-order chi connectivity index (χ1) is 3.72. The smallest absolute Gasteiger partial charge is 0.153 e. The van der Waals surface area contributed by atoms with E-state index in [-0.39, 0.29) is 11.3 Å². The minimum atomic E-state index is 0.197. The maximum absolute atomic E-state index is 9.89. The summed E-state index contributed by atoms with van der Waals surface area (Å²) in [4.78, 5) is 9.89. The largest absolute Gasteiger partial charge is 0.404 e. The van der Waals surface area contributed by atoms with Crippen LogP contribution in [0.5, 0.6) is 0 Å². The van der Waals surface area contributed by atoms with Gasteiger partial charge in [-0.05, 0) is 6.92 Å². The lowest BCUT2D eigenvalue weighted by molar-refractivity contribution is -0.104. The van der Waals surface area contributed by atoms with Crippen molar-refractivity contribution < 1.29 is 4.79 Å². The third-order valence-electron chi connectivity index (χ3n) is 0.740. The molecule has 3 nitrogen and oxygen atoms in total. The number of rotatable bonds is 2. The fourth-order valence-corrected chi connectivity index (χ4v) is 0.253. The van der Waals surface area contributed by atoms with Gasteiger partial charge in [0.15, 0.2) is 6.29 Å². The lowest BCUT2D eigenvalue weighted by atomic mass is 10.2. The number of carbonyl (C=O) groups excluding carboxylic acids is 1. The molecule has 0 radical (unpaired) electrons. The van der Waals surface area contributed by atoms with Crippen LogP contribution in [0, 0.1) is 5.41 Å². The Morgan fingerprint density at radius 1 is 1.75 bits per heavy atom. The number of aldehydes is 1. The van der Waals surface area contributed by atoms with Crippen LogP contribution in [-0.2, 0) is 4.79 Å². The molecule has 0 aliphatic heterocycles. The number of nitrogens with one attached hydrogen (secondary N) is 1. The molecule has 0 atom stereocenters. The van der Waals surface area contributed by atoms with Crippen LogP contribution < -0.4 is 5.73 Å². The Morgan fingerprint density at radius 2 is 2.25 bits per heavy atom.